The number of nitrogens with two attached hydrogens (primary N) is 1. The summed E-state index contributed by atoms with van der Waals surface area (Å²) in [6.07, 6.45) is 5.20. The van der Waals surface area contributed by atoms with Crippen molar-refractivity contribution in [1.82, 2.24) is 4.90 Å². The third-order valence-electron chi connectivity index (χ3n) is 5.89. The molecule has 0 bridgehead atoms. The van der Waals surface area contributed by atoms with Crippen LogP contribution < -0.4 is 5.73 Å². The zero-order chi connectivity index (χ0) is 15.0. The molecular weight excluding hydrogens is 256 g/mol. The smallest absolute Gasteiger partial charge is 0.0354 e. The molecule has 1 aliphatic carbocycles. The van der Waals surface area contributed by atoms with E-state index < -0.39 is 0 Å². The highest BCUT2D eigenvalue weighted by atomic mass is 15.2. The summed E-state index contributed by atoms with van der Waals surface area (Å²) in [6, 6.07) is 10.2. The van der Waals surface area contributed by atoms with Crippen molar-refractivity contribution in [2.75, 3.05) is 13.1 Å². The van der Waals surface area contributed by atoms with Gasteiger partial charge in [-0.2, -0.15) is 0 Å². The maximum absolute atomic E-state index is 6.12. The second kappa shape index (κ2) is 5.73. The molecule has 2 N–H and O–H groups in total. The predicted octanol–water partition coefficient (Wildman–Crippen LogP) is 3.86. The Morgan fingerprint density at radius 2 is 2.00 bits per heavy atom. The van der Waals surface area contributed by atoms with E-state index in [1.54, 1.807) is 11.1 Å². The minimum atomic E-state index is 0.312. The molecule has 1 fully saturated rings. The maximum Gasteiger partial charge on any atom is 0.0354 e. The molecule has 0 aromatic heterocycles. The van der Waals surface area contributed by atoms with Gasteiger partial charge in [0.1, 0.15) is 0 Å². The highest BCUT2D eigenvalue weighted by molar-refractivity contribution is 5.38. The maximum atomic E-state index is 6.12. The summed E-state index contributed by atoms with van der Waals surface area (Å²) in [4.78, 5) is 2.72. The fraction of sp³-hybridized carbons (Fsp3) is 0.684. The van der Waals surface area contributed by atoms with Crippen molar-refractivity contribution in [3.63, 3.8) is 0 Å². The minimum absolute atomic E-state index is 0.312. The Labute approximate surface area is 129 Å². The van der Waals surface area contributed by atoms with E-state index in [9.17, 15) is 0 Å². The first-order valence-corrected chi connectivity index (χ1v) is 8.60. The number of hydrogen-bond donors (Lipinski definition) is 1. The summed E-state index contributed by atoms with van der Waals surface area (Å²) in [5.41, 5.74) is 9.54. The first-order chi connectivity index (χ1) is 10.0. The van der Waals surface area contributed by atoms with Crippen LogP contribution in [0.2, 0.25) is 0 Å². The molecule has 0 radical (unpaired) electrons. The average Bonchev–Trinajstić information content (AvgIpc) is 2.47. The van der Waals surface area contributed by atoms with E-state index in [1.807, 2.05) is 0 Å². The first kappa shape index (κ1) is 15.1. The average molecular weight is 286 g/mol. The number of likely N-dealkylation sites (tertiary alicyclic amines) is 1. The Balaban J connectivity index is 1.96. The van der Waals surface area contributed by atoms with Gasteiger partial charge < -0.3 is 5.73 Å². The van der Waals surface area contributed by atoms with Crippen LogP contribution in [0, 0.1) is 5.92 Å². The number of hydrogen-bond acceptors (Lipinski definition) is 2. The van der Waals surface area contributed by atoms with E-state index in [1.165, 1.54) is 32.2 Å². The molecule has 3 rings (SSSR count). The fourth-order valence-corrected chi connectivity index (χ4v) is 4.57. The molecule has 2 heteroatoms. The van der Waals surface area contributed by atoms with Gasteiger partial charge in [-0.1, -0.05) is 45.0 Å². The van der Waals surface area contributed by atoms with Crippen LogP contribution in [0.5, 0.6) is 0 Å². The molecule has 0 spiro atoms. The van der Waals surface area contributed by atoms with Crippen molar-refractivity contribution in [2.45, 2.75) is 64.0 Å². The molecule has 1 saturated heterocycles. The van der Waals surface area contributed by atoms with Gasteiger partial charge in [0.2, 0.25) is 0 Å². The van der Waals surface area contributed by atoms with Crippen LogP contribution in [0.3, 0.4) is 0 Å². The molecule has 1 aromatic carbocycles. The van der Waals surface area contributed by atoms with Gasteiger partial charge in [-0.15, -0.1) is 0 Å². The van der Waals surface area contributed by atoms with E-state index in [-0.39, 0.29) is 0 Å². The topological polar surface area (TPSA) is 29.3 Å². The van der Waals surface area contributed by atoms with Gasteiger partial charge in [-0.3, -0.25) is 4.90 Å². The van der Waals surface area contributed by atoms with Gasteiger partial charge in [0.25, 0.3) is 0 Å². The van der Waals surface area contributed by atoms with Crippen molar-refractivity contribution in [3.05, 3.63) is 35.4 Å². The molecule has 2 nitrogen and oxygen atoms in total. The van der Waals surface area contributed by atoms with Gasteiger partial charge in [-0.05, 0) is 54.7 Å². The Hall–Kier alpha value is -0.860. The number of benzene rings is 1. The van der Waals surface area contributed by atoms with Crippen molar-refractivity contribution in [1.29, 1.82) is 0 Å². The standard InChI is InChI=1S/C19H30N2/c1-14-7-6-12-21(18(14)13-20)17-10-11-19(2,3)16-9-5-4-8-15(16)17/h4-5,8-9,14,17-18H,6-7,10-13,20H2,1-3H3. The quantitative estimate of drug-likeness (QED) is 0.894. The van der Waals surface area contributed by atoms with E-state index in [0.29, 0.717) is 17.5 Å². The molecule has 3 unspecified atom stereocenters. The summed E-state index contributed by atoms with van der Waals surface area (Å²) in [6.45, 7) is 9.17. The second-order valence-corrected chi connectivity index (χ2v) is 7.69. The van der Waals surface area contributed by atoms with E-state index in [0.717, 1.165) is 12.5 Å². The summed E-state index contributed by atoms with van der Waals surface area (Å²) in [5.74, 6) is 0.728. The van der Waals surface area contributed by atoms with Crippen LogP contribution in [-0.4, -0.2) is 24.0 Å². The molecule has 0 saturated carbocycles. The zero-order valence-corrected chi connectivity index (χ0v) is 13.8. The molecule has 21 heavy (non-hydrogen) atoms. The van der Waals surface area contributed by atoms with Crippen LogP contribution in [0.15, 0.2) is 24.3 Å². The normalized spacial score (nSPS) is 32.7. The summed E-state index contributed by atoms with van der Waals surface area (Å²) < 4.78 is 0. The van der Waals surface area contributed by atoms with Crippen molar-refractivity contribution < 1.29 is 0 Å². The molecule has 1 aliphatic heterocycles. The van der Waals surface area contributed by atoms with Crippen molar-refractivity contribution in [3.8, 4) is 0 Å². The summed E-state index contributed by atoms with van der Waals surface area (Å²) in [5, 5.41) is 0. The number of nitrogens with zero attached hydrogens (tertiary/aromatic N) is 1. The lowest BCUT2D eigenvalue weighted by atomic mass is 9.70. The Morgan fingerprint density at radius 3 is 2.76 bits per heavy atom. The molecule has 116 valence electrons. The molecule has 2 aliphatic rings. The first-order valence-electron chi connectivity index (χ1n) is 8.60. The number of rotatable bonds is 2. The fourth-order valence-electron chi connectivity index (χ4n) is 4.57. The Bertz CT molecular complexity index is 494. The van der Waals surface area contributed by atoms with Crippen LogP contribution in [-0.2, 0) is 5.41 Å². The van der Waals surface area contributed by atoms with Crippen LogP contribution in [0.4, 0.5) is 0 Å². The summed E-state index contributed by atoms with van der Waals surface area (Å²) >= 11 is 0. The van der Waals surface area contributed by atoms with Crippen molar-refractivity contribution in [2.24, 2.45) is 11.7 Å². The monoisotopic (exact) mass is 286 g/mol. The largest absolute Gasteiger partial charge is 0.329 e. The van der Waals surface area contributed by atoms with Gasteiger partial charge >= 0.3 is 0 Å². The Kier molecular flexibility index (Phi) is 4.11. The second-order valence-electron chi connectivity index (χ2n) is 7.69. The highest BCUT2D eigenvalue weighted by Gasteiger charge is 2.39. The molecule has 1 aromatic rings. The molecule has 1 heterocycles. The minimum Gasteiger partial charge on any atom is -0.329 e. The van der Waals surface area contributed by atoms with E-state index in [2.05, 4.69) is 49.9 Å². The van der Waals surface area contributed by atoms with Crippen LogP contribution >= 0.6 is 0 Å². The summed E-state index contributed by atoms with van der Waals surface area (Å²) in [7, 11) is 0. The van der Waals surface area contributed by atoms with Crippen LogP contribution in [0.1, 0.15) is 63.6 Å². The molecule has 3 atom stereocenters. The van der Waals surface area contributed by atoms with Gasteiger partial charge in [-0.25, -0.2) is 0 Å². The lowest BCUT2D eigenvalue weighted by molar-refractivity contribution is 0.0487. The number of piperidine rings is 1. The number of fused-ring (bicyclic) bond motifs is 1. The van der Waals surface area contributed by atoms with Gasteiger partial charge in [0.15, 0.2) is 0 Å². The lowest BCUT2D eigenvalue weighted by Crippen LogP contribution is -2.51. The third kappa shape index (κ3) is 2.64. The molecular formula is C19H30N2. The SMILES string of the molecule is CC1CCCN(C2CCC(C)(C)c3ccccc32)C1CN. The van der Waals surface area contributed by atoms with Crippen LogP contribution in [0.25, 0.3) is 0 Å². The van der Waals surface area contributed by atoms with Gasteiger partial charge in [0.05, 0.1) is 0 Å². The van der Waals surface area contributed by atoms with E-state index >= 15 is 0 Å². The van der Waals surface area contributed by atoms with E-state index in [4.69, 9.17) is 5.73 Å². The van der Waals surface area contributed by atoms with Crippen molar-refractivity contribution >= 4 is 0 Å². The predicted molar refractivity (Wildman–Crippen MR) is 89.4 cm³/mol. The highest BCUT2D eigenvalue weighted by Crippen LogP contribution is 2.45. The third-order valence-corrected chi connectivity index (χ3v) is 5.89. The Morgan fingerprint density at radius 1 is 1.24 bits per heavy atom. The molecule has 0 amide bonds. The lowest BCUT2D eigenvalue weighted by Gasteiger charge is -2.48. The zero-order valence-electron chi connectivity index (χ0n) is 13.8. The van der Waals surface area contributed by atoms with Gasteiger partial charge in [0, 0.05) is 18.6 Å².